The van der Waals surface area contributed by atoms with Crippen LogP contribution in [0.3, 0.4) is 0 Å². The lowest BCUT2D eigenvalue weighted by atomic mass is 10.1. The third-order valence-electron chi connectivity index (χ3n) is 4.70. The molecule has 24 heavy (non-hydrogen) atoms. The van der Waals surface area contributed by atoms with Gasteiger partial charge in [-0.1, -0.05) is 42.5 Å². The second-order valence-corrected chi connectivity index (χ2v) is 7.03. The average Bonchev–Trinajstić information content (AvgIpc) is 3.02. The summed E-state index contributed by atoms with van der Waals surface area (Å²) >= 11 is 0. The highest BCUT2D eigenvalue weighted by molar-refractivity contribution is 5.83. The number of urea groups is 1. The summed E-state index contributed by atoms with van der Waals surface area (Å²) in [5.41, 5.74) is 1.26. The monoisotopic (exact) mass is 325 g/mol. The van der Waals surface area contributed by atoms with Crippen molar-refractivity contribution in [2.75, 3.05) is 40.3 Å². The largest absolute Gasteiger partial charge is 0.338 e. The number of hydrogen-bond donors (Lipinski definition) is 1. The van der Waals surface area contributed by atoms with E-state index in [2.05, 4.69) is 66.8 Å². The zero-order chi connectivity index (χ0) is 16.9. The molecule has 0 spiro atoms. The maximum atomic E-state index is 12.3. The molecule has 1 atom stereocenters. The van der Waals surface area contributed by atoms with Gasteiger partial charge in [-0.05, 0) is 49.2 Å². The molecule has 1 saturated heterocycles. The minimum atomic E-state index is 0.0806. The second-order valence-electron chi connectivity index (χ2n) is 7.03. The van der Waals surface area contributed by atoms with Crippen molar-refractivity contribution in [2.24, 2.45) is 5.92 Å². The van der Waals surface area contributed by atoms with Crippen molar-refractivity contribution in [2.45, 2.75) is 12.8 Å². The Hall–Kier alpha value is -2.07. The smallest absolute Gasteiger partial charge is 0.317 e. The Kier molecular flexibility index (Phi) is 5.36. The van der Waals surface area contributed by atoms with E-state index in [0.29, 0.717) is 12.5 Å². The molecule has 1 fully saturated rings. The highest BCUT2D eigenvalue weighted by atomic mass is 16.2. The summed E-state index contributed by atoms with van der Waals surface area (Å²) in [6.45, 7) is 3.49. The van der Waals surface area contributed by atoms with E-state index in [1.54, 1.807) is 0 Å². The van der Waals surface area contributed by atoms with Crippen LogP contribution in [0.25, 0.3) is 10.8 Å². The number of nitrogens with zero attached hydrogens (tertiary/aromatic N) is 2. The van der Waals surface area contributed by atoms with Crippen molar-refractivity contribution in [3.8, 4) is 0 Å². The van der Waals surface area contributed by atoms with E-state index >= 15 is 0 Å². The molecule has 4 nitrogen and oxygen atoms in total. The van der Waals surface area contributed by atoms with Gasteiger partial charge in [0.2, 0.25) is 0 Å². The Morgan fingerprint density at radius 3 is 2.79 bits per heavy atom. The predicted octanol–water partition coefficient (Wildman–Crippen LogP) is 2.98. The Morgan fingerprint density at radius 2 is 2.00 bits per heavy atom. The van der Waals surface area contributed by atoms with Crippen LogP contribution in [-0.2, 0) is 6.42 Å². The normalized spacial score (nSPS) is 17.6. The molecule has 0 radical (unpaired) electrons. The molecule has 0 unspecified atom stereocenters. The molecular weight excluding hydrogens is 298 g/mol. The van der Waals surface area contributed by atoms with Crippen LogP contribution in [0.2, 0.25) is 0 Å². The summed E-state index contributed by atoms with van der Waals surface area (Å²) < 4.78 is 0. The van der Waals surface area contributed by atoms with Gasteiger partial charge in [0.25, 0.3) is 0 Å². The molecule has 1 aliphatic rings. The molecule has 0 aromatic heterocycles. The van der Waals surface area contributed by atoms with Gasteiger partial charge < -0.3 is 15.1 Å². The van der Waals surface area contributed by atoms with E-state index in [0.717, 1.165) is 32.5 Å². The Bertz CT molecular complexity index is 698. The maximum Gasteiger partial charge on any atom is 0.317 e. The molecule has 1 N–H and O–H groups in total. The van der Waals surface area contributed by atoms with Crippen LogP contribution in [-0.4, -0.2) is 56.1 Å². The quantitative estimate of drug-likeness (QED) is 0.917. The third kappa shape index (κ3) is 4.26. The number of benzene rings is 2. The summed E-state index contributed by atoms with van der Waals surface area (Å²) in [5.74, 6) is 0.603. The third-order valence-corrected chi connectivity index (χ3v) is 4.70. The van der Waals surface area contributed by atoms with Gasteiger partial charge in [0, 0.05) is 26.2 Å². The molecule has 0 aliphatic carbocycles. The molecule has 128 valence electrons. The van der Waals surface area contributed by atoms with Gasteiger partial charge in [0.1, 0.15) is 0 Å². The molecule has 1 aliphatic heterocycles. The van der Waals surface area contributed by atoms with Crippen LogP contribution in [0.4, 0.5) is 4.79 Å². The Morgan fingerprint density at radius 1 is 1.21 bits per heavy atom. The van der Waals surface area contributed by atoms with Crippen molar-refractivity contribution in [1.29, 1.82) is 0 Å². The molecule has 3 rings (SSSR count). The zero-order valence-electron chi connectivity index (χ0n) is 14.7. The maximum absolute atomic E-state index is 12.3. The minimum absolute atomic E-state index is 0.0806. The van der Waals surface area contributed by atoms with E-state index in [1.807, 2.05) is 4.90 Å². The van der Waals surface area contributed by atoms with Crippen LogP contribution in [0.1, 0.15) is 12.0 Å². The van der Waals surface area contributed by atoms with E-state index in [1.165, 1.54) is 16.3 Å². The van der Waals surface area contributed by atoms with Crippen molar-refractivity contribution in [3.63, 3.8) is 0 Å². The number of likely N-dealkylation sites (tertiary alicyclic amines) is 1. The van der Waals surface area contributed by atoms with Crippen molar-refractivity contribution < 1.29 is 4.79 Å². The number of rotatable bonds is 5. The summed E-state index contributed by atoms with van der Waals surface area (Å²) in [7, 11) is 4.18. The van der Waals surface area contributed by atoms with Gasteiger partial charge in [-0.2, -0.15) is 0 Å². The first-order valence-corrected chi connectivity index (χ1v) is 8.77. The van der Waals surface area contributed by atoms with Crippen molar-refractivity contribution in [1.82, 2.24) is 15.1 Å². The lowest BCUT2D eigenvalue weighted by Crippen LogP contribution is -2.39. The van der Waals surface area contributed by atoms with Gasteiger partial charge in [-0.25, -0.2) is 4.79 Å². The number of nitrogens with one attached hydrogen (secondary N) is 1. The molecule has 2 aromatic carbocycles. The number of fused-ring (bicyclic) bond motifs is 1. The summed E-state index contributed by atoms with van der Waals surface area (Å²) in [6.07, 6.45) is 1.97. The molecule has 0 saturated carbocycles. The van der Waals surface area contributed by atoms with Crippen LogP contribution in [0, 0.1) is 5.92 Å². The molecule has 4 heteroatoms. The number of hydrogen-bond acceptors (Lipinski definition) is 2. The average molecular weight is 325 g/mol. The molecule has 2 amide bonds. The Balaban J connectivity index is 1.46. The molecular formula is C20H27N3O. The zero-order valence-corrected chi connectivity index (χ0v) is 14.7. The number of amides is 2. The van der Waals surface area contributed by atoms with Crippen LogP contribution in [0.5, 0.6) is 0 Å². The number of carbonyl (C=O) groups excluding carboxylic acids is 1. The first-order chi connectivity index (χ1) is 11.6. The lowest BCUT2D eigenvalue weighted by Gasteiger charge is -2.19. The first-order valence-electron chi connectivity index (χ1n) is 8.77. The fourth-order valence-corrected chi connectivity index (χ4v) is 3.50. The second kappa shape index (κ2) is 7.67. The summed E-state index contributed by atoms with van der Waals surface area (Å²) in [5, 5.41) is 5.58. The highest BCUT2D eigenvalue weighted by Crippen LogP contribution is 2.17. The number of carbonyl (C=O) groups is 1. The van der Waals surface area contributed by atoms with Crippen LogP contribution in [0.15, 0.2) is 42.5 Å². The minimum Gasteiger partial charge on any atom is -0.338 e. The van der Waals surface area contributed by atoms with Gasteiger partial charge in [0.15, 0.2) is 0 Å². The Labute approximate surface area is 144 Å². The van der Waals surface area contributed by atoms with Gasteiger partial charge in [-0.3, -0.25) is 0 Å². The van der Waals surface area contributed by atoms with E-state index < -0.39 is 0 Å². The fraction of sp³-hybridized carbons (Fsp3) is 0.450. The van der Waals surface area contributed by atoms with E-state index in [-0.39, 0.29) is 6.03 Å². The fourth-order valence-electron chi connectivity index (χ4n) is 3.50. The standard InChI is InChI=1S/C20H27N3O/c1-22(2)14-17-10-12-23(15-17)20(24)21-11-9-16-7-8-18-5-3-4-6-19(18)13-16/h3-8,13,17H,9-12,14-15H2,1-2H3,(H,21,24)/t17-/m0/s1. The topological polar surface area (TPSA) is 35.6 Å². The van der Waals surface area contributed by atoms with Crippen molar-refractivity contribution in [3.05, 3.63) is 48.0 Å². The molecule has 0 bridgehead atoms. The van der Waals surface area contributed by atoms with Gasteiger partial charge in [-0.15, -0.1) is 0 Å². The molecule has 2 aromatic rings. The summed E-state index contributed by atoms with van der Waals surface area (Å²) in [4.78, 5) is 16.4. The van der Waals surface area contributed by atoms with Crippen LogP contribution < -0.4 is 5.32 Å². The van der Waals surface area contributed by atoms with Crippen LogP contribution >= 0.6 is 0 Å². The van der Waals surface area contributed by atoms with E-state index in [9.17, 15) is 4.79 Å². The first kappa shape index (κ1) is 16.8. The SMILES string of the molecule is CN(C)C[C@@H]1CCN(C(=O)NCCc2ccc3ccccc3c2)C1. The van der Waals surface area contributed by atoms with Crippen molar-refractivity contribution >= 4 is 16.8 Å². The predicted molar refractivity (Wildman–Crippen MR) is 99.3 cm³/mol. The summed E-state index contributed by atoms with van der Waals surface area (Å²) in [6, 6.07) is 15.0. The highest BCUT2D eigenvalue weighted by Gasteiger charge is 2.26. The van der Waals surface area contributed by atoms with Gasteiger partial charge in [0.05, 0.1) is 0 Å². The molecule has 1 heterocycles. The lowest BCUT2D eigenvalue weighted by molar-refractivity contribution is 0.205. The van der Waals surface area contributed by atoms with Gasteiger partial charge >= 0.3 is 6.03 Å². The van der Waals surface area contributed by atoms with E-state index in [4.69, 9.17) is 0 Å².